The summed E-state index contributed by atoms with van der Waals surface area (Å²) in [5, 5.41) is 16.1. The van der Waals surface area contributed by atoms with E-state index in [4.69, 9.17) is 0 Å². The van der Waals surface area contributed by atoms with Gasteiger partial charge < -0.3 is 9.88 Å². The van der Waals surface area contributed by atoms with Crippen molar-refractivity contribution in [3.63, 3.8) is 0 Å². The second kappa shape index (κ2) is 7.18. The second-order valence-corrected chi connectivity index (χ2v) is 6.09. The largest absolute Gasteiger partial charge is 0.365 e. The minimum Gasteiger partial charge on any atom is -0.365 e. The summed E-state index contributed by atoms with van der Waals surface area (Å²) in [6, 6.07) is 14.2. The molecule has 0 aliphatic rings. The average Bonchev–Trinajstić information content (AvgIpc) is 3.33. The number of nitrogens with one attached hydrogen (secondary N) is 1. The quantitative estimate of drug-likeness (QED) is 0.582. The maximum atomic E-state index is 4.33. The van der Waals surface area contributed by atoms with Crippen LogP contribution < -0.4 is 5.32 Å². The molecule has 7 heteroatoms. The van der Waals surface area contributed by atoms with E-state index in [1.807, 2.05) is 48.4 Å². The zero-order valence-electron chi connectivity index (χ0n) is 14.4. The number of hydrogen-bond donors (Lipinski definition) is 1. The zero-order chi connectivity index (χ0) is 17.8. The van der Waals surface area contributed by atoms with Crippen LogP contribution in [0.1, 0.15) is 16.8 Å². The van der Waals surface area contributed by atoms with Gasteiger partial charge in [0.15, 0.2) is 5.82 Å². The maximum absolute atomic E-state index is 4.33. The number of imidazole rings is 1. The molecule has 0 saturated heterocycles. The predicted octanol–water partition coefficient (Wildman–Crippen LogP) is 2.83. The molecule has 4 aromatic rings. The van der Waals surface area contributed by atoms with Gasteiger partial charge in [0.2, 0.25) is 0 Å². The van der Waals surface area contributed by atoms with Crippen molar-refractivity contribution in [3.05, 3.63) is 84.2 Å². The van der Waals surface area contributed by atoms with E-state index in [1.165, 1.54) is 11.1 Å². The smallest absolute Gasteiger partial charge is 0.175 e. The Morgan fingerprint density at radius 3 is 2.65 bits per heavy atom. The molecular weight excluding hydrogens is 326 g/mol. The fraction of sp³-hybridized carbons (Fsp3) is 0.158. The van der Waals surface area contributed by atoms with Crippen LogP contribution in [0.25, 0.3) is 5.82 Å². The molecule has 0 atom stereocenters. The molecule has 0 aliphatic heterocycles. The summed E-state index contributed by atoms with van der Waals surface area (Å²) < 4.78 is 3.76. The van der Waals surface area contributed by atoms with Crippen molar-refractivity contribution in [2.45, 2.75) is 20.0 Å². The van der Waals surface area contributed by atoms with Gasteiger partial charge in [-0.1, -0.05) is 24.3 Å². The van der Waals surface area contributed by atoms with E-state index in [9.17, 15) is 0 Å². The van der Waals surface area contributed by atoms with Crippen molar-refractivity contribution in [3.8, 4) is 5.82 Å². The van der Waals surface area contributed by atoms with E-state index >= 15 is 0 Å². The van der Waals surface area contributed by atoms with Gasteiger partial charge in [-0.3, -0.25) is 0 Å². The molecule has 1 aromatic carbocycles. The lowest BCUT2D eigenvalue weighted by molar-refractivity contribution is 0.795. The van der Waals surface area contributed by atoms with Gasteiger partial charge in [-0.15, -0.1) is 10.2 Å². The average molecular weight is 345 g/mol. The van der Waals surface area contributed by atoms with Crippen LogP contribution in [-0.2, 0) is 13.1 Å². The maximum Gasteiger partial charge on any atom is 0.175 e. The molecule has 3 aromatic heterocycles. The van der Waals surface area contributed by atoms with E-state index in [2.05, 4.69) is 49.9 Å². The van der Waals surface area contributed by atoms with Gasteiger partial charge in [-0.25, -0.2) is 9.67 Å². The van der Waals surface area contributed by atoms with Crippen LogP contribution in [0, 0.1) is 6.92 Å². The number of aromatic nitrogens is 6. The molecule has 0 spiro atoms. The van der Waals surface area contributed by atoms with Crippen molar-refractivity contribution < 1.29 is 0 Å². The third kappa shape index (κ3) is 3.77. The lowest BCUT2D eigenvalue weighted by Crippen LogP contribution is -2.06. The molecule has 0 radical (unpaired) electrons. The van der Waals surface area contributed by atoms with E-state index < -0.39 is 0 Å². The van der Waals surface area contributed by atoms with Gasteiger partial charge in [-0.2, -0.15) is 5.10 Å². The van der Waals surface area contributed by atoms with Crippen LogP contribution in [0.4, 0.5) is 5.82 Å². The summed E-state index contributed by atoms with van der Waals surface area (Å²) in [4.78, 5) is 4.08. The molecule has 0 fully saturated rings. The van der Waals surface area contributed by atoms with E-state index in [0.29, 0.717) is 12.4 Å². The van der Waals surface area contributed by atoms with Gasteiger partial charge in [0.05, 0.1) is 12.0 Å². The summed E-state index contributed by atoms with van der Waals surface area (Å²) >= 11 is 0. The van der Waals surface area contributed by atoms with Crippen LogP contribution in [-0.4, -0.2) is 29.5 Å². The standard InChI is InChI=1S/C19H19N7/c1-15-7-9-26(24-15)19-6-5-18(22-23-19)21-12-16-3-2-4-17(11-16)13-25-10-8-20-14-25/h2-11,14H,12-13H2,1H3,(H,21,22). The van der Waals surface area contributed by atoms with E-state index in [0.717, 1.165) is 18.1 Å². The molecule has 0 unspecified atom stereocenters. The molecule has 4 rings (SSSR count). The van der Waals surface area contributed by atoms with Gasteiger partial charge >= 0.3 is 0 Å². The van der Waals surface area contributed by atoms with Crippen molar-refractivity contribution in [2.75, 3.05) is 5.32 Å². The van der Waals surface area contributed by atoms with E-state index in [-0.39, 0.29) is 0 Å². The summed E-state index contributed by atoms with van der Waals surface area (Å²) in [6.07, 6.45) is 7.45. The Labute approximate surface area is 151 Å². The van der Waals surface area contributed by atoms with E-state index in [1.54, 1.807) is 10.9 Å². The first kappa shape index (κ1) is 16.0. The lowest BCUT2D eigenvalue weighted by Gasteiger charge is -2.08. The highest BCUT2D eigenvalue weighted by Crippen LogP contribution is 2.11. The highest BCUT2D eigenvalue weighted by molar-refractivity contribution is 5.37. The Kier molecular flexibility index (Phi) is 4.42. The minimum absolute atomic E-state index is 0.687. The first-order chi connectivity index (χ1) is 12.8. The van der Waals surface area contributed by atoms with Gasteiger partial charge in [0.1, 0.15) is 5.82 Å². The number of anilines is 1. The molecule has 0 bridgehead atoms. The van der Waals surface area contributed by atoms with Crippen LogP contribution in [0.3, 0.4) is 0 Å². The highest BCUT2D eigenvalue weighted by Gasteiger charge is 2.02. The lowest BCUT2D eigenvalue weighted by atomic mass is 10.1. The first-order valence-electron chi connectivity index (χ1n) is 8.40. The number of benzene rings is 1. The SMILES string of the molecule is Cc1ccn(-c2ccc(NCc3cccc(Cn4ccnc4)c3)nn2)n1. The number of nitrogens with zero attached hydrogens (tertiary/aromatic N) is 6. The molecule has 7 nitrogen and oxygen atoms in total. The Morgan fingerprint density at radius 1 is 1.00 bits per heavy atom. The number of rotatable bonds is 6. The van der Waals surface area contributed by atoms with Gasteiger partial charge in [-0.05, 0) is 36.2 Å². The van der Waals surface area contributed by atoms with Crippen LogP contribution >= 0.6 is 0 Å². The zero-order valence-corrected chi connectivity index (χ0v) is 14.4. The van der Waals surface area contributed by atoms with Crippen molar-refractivity contribution in [1.82, 2.24) is 29.5 Å². The van der Waals surface area contributed by atoms with Crippen LogP contribution in [0.2, 0.25) is 0 Å². The topological polar surface area (TPSA) is 73.5 Å². The Hall–Kier alpha value is -3.48. The molecule has 0 aliphatic carbocycles. The minimum atomic E-state index is 0.687. The molecule has 1 N–H and O–H groups in total. The second-order valence-electron chi connectivity index (χ2n) is 6.09. The summed E-state index contributed by atoms with van der Waals surface area (Å²) in [5.74, 6) is 1.43. The third-order valence-corrected chi connectivity index (χ3v) is 4.00. The molecular formula is C19H19N7. The molecule has 3 heterocycles. The molecule has 0 amide bonds. The summed E-state index contributed by atoms with van der Waals surface area (Å²) in [6.45, 7) is 3.44. The van der Waals surface area contributed by atoms with Crippen molar-refractivity contribution >= 4 is 5.82 Å². The first-order valence-corrected chi connectivity index (χ1v) is 8.40. The normalized spacial score (nSPS) is 10.8. The highest BCUT2D eigenvalue weighted by atomic mass is 15.3. The van der Waals surface area contributed by atoms with Crippen molar-refractivity contribution in [1.29, 1.82) is 0 Å². The molecule has 0 saturated carbocycles. The molecule has 26 heavy (non-hydrogen) atoms. The monoisotopic (exact) mass is 345 g/mol. The predicted molar refractivity (Wildman–Crippen MR) is 99.0 cm³/mol. The van der Waals surface area contributed by atoms with Gasteiger partial charge in [0, 0.05) is 31.7 Å². The summed E-state index contributed by atoms with van der Waals surface area (Å²) in [5.41, 5.74) is 3.37. The fourth-order valence-electron chi connectivity index (χ4n) is 2.71. The Morgan fingerprint density at radius 2 is 1.92 bits per heavy atom. The van der Waals surface area contributed by atoms with Crippen molar-refractivity contribution in [2.24, 2.45) is 0 Å². The third-order valence-electron chi connectivity index (χ3n) is 4.00. The summed E-state index contributed by atoms with van der Waals surface area (Å²) in [7, 11) is 0. The number of hydrogen-bond acceptors (Lipinski definition) is 5. The number of aryl methyl sites for hydroxylation is 1. The fourth-order valence-corrected chi connectivity index (χ4v) is 2.71. The molecule has 130 valence electrons. The Bertz CT molecular complexity index is 971. The van der Waals surface area contributed by atoms with Crippen LogP contribution in [0.5, 0.6) is 0 Å². The van der Waals surface area contributed by atoms with Crippen LogP contribution in [0.15, 0.2) is 67.4 Å². The Balaban J connectivity index is 1.39. The van der Waals surface area contributed by atoms with Gasteiger partial charge in [0.25, 0.3) is 0 Å².